The largest absolute Gasteiger partial charge is 0.480 e. The summed E-state index contributed by atoms with van der Waals surface area (Å²) in [5.74, 6) is -1.95. The fourth-order valence-corrected chi connectivity index (χ4v) is 2.67. The van der Waals surface area contributed by atoms with Crippen molar-refractivity contribution in [1.29, 1.82) is 0 Å². The van der Waals surface area contributed by atoms with Gasteiger partial charge in [0.1, 0.15) is 11.9 Å². The summed E-state index contributed by atoms with van der Waals surface area (Å²) in [6.07, 6.45) is 0.687. The smallest absolute Gasteiger partial charge is 0.321 e. The molecule has 1 atom stereocenters. The number of rotatable bonds is 6. The lowest BCUT2D eigenvalue weighted by atomic mass is 10.2. The van der Waals surface area contributed by atoms with Gasteiger partial charge < -0.3 is 5.11 Å². The van der Waals surface area contributed by atoms with Crippen molar-refractivity contribution < 1.29 is 22.7 Å². The summed E-state index contributed by atoms with van der Waals surface area (Å²) in [4.78, 5) is 10.6. The molecule has 0 aliphatic heterocycles. The van der Waals surface area contributed by atoms with Crippen molar-refractivity contribution in [1.82, 2.24) is 4.72 Å². The van der Waals surface area contributed by atoms with Gasteiger partial charge in [-0.05, 0) is 24.6 Å². The Morgan fingerprint density at radius 1 is 1.50 bits per heavy atom. The molecule has 1 rings (SSSR count). The van der Waals surface area contributed by atoms with E-state index >= 15 is 0 Å². The number of carboxylic acids is 1. The Hall–Kier alpha value is -1.47. The Morgan fingerprint density at radius 2 is 2.17 bits per heavy atom. The number of hydrogen-bond acceptors (Lipinski definition) is 3. The van der Waals surface area contributed by atoms with Gasteiger partial charge in [-0.15, -0.1) is 0 Å². The van der Waals surface area contributed by atoms with Crippen molar-refractivity contribution in [3.05, 3.63) is 30.1 Å². The van der Waals surface area contributed by atoms with Crippen molar-refractivity contribution in [2.75, 3.05) is 0 Å². The highest BCUT2D eigenvalue weighted by atomic mass is 32.2. The number of sulfonamides is 1. The number of aliphatic carboxylic acids is 1. The lowest BCUT2D eigenvalue weighted by Gasteiger charge is -2.13. The number of carbonyl (C=O) groups is 1. The van der Waals surface area contributed by atoms with Gasteiger partial charge in [0.15, 0.2) is 0 Å². The van der Waals surface area contributed by atoms with Crippen molar-refractivity contribution in [3.63, 3.8) is 0 Å². The summed E-state index contributed by atoms with van der Waals surface area (Å²) in [5, 5.41) is 8.87. The quantitative estimate of drug-likeness (QED) is 0.821. The van der Waals surface area contributed by atoms with Crippen LogP contribution in [0.3, 0.4) is 0 Å². The molecule has 0 aromatic heterocycles. The van der Waals surface area contributed by atoms with Gasteiger partial charge in [0.25, 0.3) is 0 Å². The van der Waals surface area contributed by atoms with Crippen LogP contribution < -0.4 is 4.72 Å². The van der Waals surface area contributed by atoms with Gasteiger partial charge in [-0.2, -0.15) is 4.72 Å². The third-order valence-corrected chi connectivity index (χ3v) is 3.75. The van der Waals surface area contributed by atoms with E-state index in [1.54, 1.807) is 6.92 Å². The molecule has 1 unspecified atom stereocenters. The van der Waals surface area contributed by atoms with Crippen molar-refractivity contribution in [3.8, 4) is 0 Å². The fraction of sp³-hybridized carbons (Fsp3) is 0.364. The zero-order chi connectivity index (χ0) is 13.8. The standard InChI is InChI=1S/C11H14FNO4S/c1-2-4-10(11(14)15)13-18(16,17)9-6-3-5-8(12)7-9/h3,5-7,10,13H,2,4H2,1H3,(H,14,15). The van der Waals surface area contributed by atoms with E-state index in [4.69, 9.17) is 5.11 Å². The van der Waals surface area contributed by atoms with E-state index < -0.39 is 27.9 Å². The first kappa shape index (κ1) is 14.6. The van der Waals surface area contributed by atoms with Crippen LogP contribution in [-0.2, 0) is 14.8 Å². The van der Waals surface area contributed by atoms with Gasteiger partial charge in [0.05, 0.1) is 4.90 Å². The lowest BCUT2D eigenvalue weighted by Crippen LogP contribution is -2.40. The van der Waals surface area contributed by atoms with Gasteiger partial charge in [0.2, 0.25) is 10.0 Å². The van der Waals surface area contributed by atoms with Gasteiger partial charge in [-0.3, -0.25) is 4.79 Å². The first-order valence-corrected chi connectivity index (χ1v) is 6.86. The summed E-state index contributed by atoms with van der Waals surface area (Å²) >= 11 is 0. The molecule has 0 aliphatic rings. The Kier molecular flexibility index (Phi) is 4.80. The molecule has 7 heteroatoms. The SMILES string of the molecule is CCCC(NS(=O)(=O)c1cccc(F)c1)C(=O)O. The highest BCUT2D eigenvalue weighted by Crippen LogP contribution is 2.12. The molecule has 0 aliphatic carbocycles. The van der Waals surface area contributed by atoms with Crippen molar-refractivity contribution in [2.45, 2.75) is 30.7 Å². The maximum atomic E-state index is 12.9. The van der Waals surface area contributed by atoms with Crippen LogP contribution in [0.15, 0.2) is 29.2 Å². The highest BCUT2D eigenvalue weighted by Gasteiger charge is 2.24. The van der Waals surface area contributed by atoms with E-state index in [0.29, 0.717) is 6.42 Å². The first-order valence-electron chi connectivity index (χ1n) is 5.37. The molecule has 100 valence electrons. The molecule has 1 aromatic rings. The molecule has 0 bridgehead atoms. The minimum atomic E-state index is -4.02. The third kappa shape index (κ3) is 3.78. The van der Waals surface area contributed by atoms with E-state index in [1.165, 1.54) is 12.1 Å². The second kappa shape index (κ2) is 5.92. The predicted octanol–water partition coefficient (Wildman–Crippen LogP) is 1.36. The van der Waals surface area contributed by atoms with Crippen LogP contribution in [-0.4, -0.2) is 25.5 Å². The molecule has 0 amide bonds. The minimum Gasteiger partial charge on any atom is -0.480 e. The van der Waals surface area contributed by atoms with Crippen LogP contribution in [0, 0.1) is 5.82 Å². The van der Waals surface area contributed by atoms with Crippen LogP contribution in [0.4, 0.5) is 4.39 Å². The molecule has 0 fully saturated rings. The number of hydrogen-bond donors (Lipinski definition) is 2. The Balaban J connectivity index is 2.97. The van der Waals surface area contributed by atoms with E-state index in [1.807, 2.05) is 4.72 Å². The maximum absolute atomic E-state index is 12.9. The van der Waals surface area contributed by atoms with Crippen LogP contribution in [0.5, 0.6) is 0 Å². The third-order valence-electron chi connectivity index (χ3n) is 2.28. The topological polar surface area (TPSA) is 83.5 Å². The predicted molar refractivity (Wildman–Crippen MR) is 63.1 cm³/mol. The number of benzene rings is 1. The molecular weight excluding hydrogens is 261 g/mol. The molecule has 0 heterocycles. The normalized spacial score (nSPS) is 13.2. The van der Waals surface area contributed by atoms with E-state index in [-0.39, 0.29) is 11.3 Å². The number of nitrogens with one attached hydrogen (secondary N) is 1. The van der Waals surface area contributed by atoms with Crippen LogP contribution in [0.25, 0.3) is 0 Å². The molecule has 0 spiro atoms. The molecule has 0 radical (unpaired) electrons. The molecule has 1 aromatic carbocycles. The molecule has 18 heavy (non-hydrogen) atoms. The molecule has 2 N–H and O–H groups in total. The summed E-state index contributed by atoms with van der Waals surface area (Å²) in [6.45, 7) is 1.74. The van der Waals surface area contributed by atoms with E-state index in [2.05, 4.69) is 0 Å². The average Bonchev–Trinajstić information content (AvgIpc) is 2.28. The van der Waals surface area contributed by atoms with E-state index in [0.717, 1.165) is 12.1 Å². The minimum absolute atomic E-state index is 0.171. The monoisotopic (exact) mass is 275 g/mol. The van der Waals surface area contributed by atoms with Crippen LogP contribution >= 0.6 is 0 Å². The Morgan fingerprint density at radius 3 is 2.67 bits per heavy atom. The second-order valence-corrected chi connectivity index (χ2v) is 5.47. The second-order valence-electron chi connectivity index (χ2n) is 3.76. The van der Waals surface area contributed by atoms with Crippen molar-refractivity contribution >= 4 is 16.0 Å². The zero-order valence-electron chi connectivity index (χ0n) is 9.76. The number of halogens is 1. The fourth-order valence-electron chi connectivity index (χ4n) is 1.41. The number of carboxylic acid groups (broad SMARTS) is 1. The molecule has 0 saturated heterocycles. The lowest BCUT2D eigenvalue weighted by molar-refractivity contribution is -0.139. The van der Waals surface area contributed by atoms with E-state index in [9.17, 15) is 17.6 Å². The van der Waals surface area contributed by atoms with Gasteiger partial charge in [0, 0.05) is 0 Å². The van der Waals surface area contributed by atoms with Crippen LogP contribution in [0.1, 0.15) is 19.8 Å². The Bertz CT molecular complexity index is 530. The zero-order valence-corrected chi connectivity index (χ0v) is 10.6. The summed E-state index contributed by atoms with van der Waals surface area (Å²) < 4.78 is 38.6. The average molecular weight is 275 g/mol. The van der Waals surface area contributed by atoms with Crippen molar-refractivity contribution in [2.24, 2.45) is 0 Å². The van der Waals surface area contributed by atoms with Gasteiger partial charge >= 0.3 is 5.97 Å². The Labute approximate surface area is 105 Å². The molecular formula is C11H14FNO4S. The molecule has 5 nitrogen and oxygen atoms in total. The van der Waals surface area contributed by atoms with Gasteiger partial charge in [-0.1, -0.05) is 19.4 Å². The summed E-state index contributed by atoms with van der Waals surface area (Å²) in [5.41, 5.74) is 0. The first-order chi connectivity index (χ1) is 8.36. The summed E-state index contributed by atoms with van der Waals surface area (Å²) in [7, 11) is -4.02. The van der Waals surface area contributed by atoms with Crippen LogP contribution in [0.2, 0.25) is 0 Å². The summed E-state index contributed by atoms with van der Waals surface area (Å²) in [6, 6.07) is 3.20. The molecule has 0 saturated carbocycles. The maximum Gasteiger partial charge on any atom is 0.321 e. The highest BCUT2D eigenvalue weighted by molar-refractivity contribution is 7.89. The van der Waals surface area contributed by atoms with Gasteiger partial charge in [-0.25, -0.2) is 12.8 Å².